The summed E-state index contributed by atoms with van der Waals surface area (Å²) in [6.45, 7) is 0.605. The molecule has 1 aromatic carbocycles. The van der Waals surface area contributed by atoms with E-state index in [2.05, 4.69) is 20.4 Å². The Morgan fingerprint density at radius 3 is 2.77 bits per heavy atom. The molecular weight excluding hydrogens is 326 g/mol. The van der Waals surface area contributed by atoms with Crippen LogP contribution in [0.2, 0.25) is 0 Å². The summed E-state index contributed by atoms with van der Waals surface area (Å²) >= 11 is 0. The van der Waals surface area contributed by atoms with Gasteiger partial charge in [0.25, 0.3) is 0 Å². The first-order valence-corrected chi connectivity index (χ1v) is 8.34. The van der Waals surface area contributed by atoms with Crippen molar-refractivity contribution in [2.24, 2.45) is 0 Å². The molecule has 0 spiro atoms. The first kappa shape index (κ1) is 14.7. The number of benzene rings is 1. The minimum Gasteiger partial charge on any atom is -0.454 e. The number of hydrogen-bond donors (Lipinski definition) is 1. The van der Waals surface area contributed by atoms with Crippen molar-refractivity contribution in [2.75, 3.05) is 5.32 Å². The van der Waals surface area contributed by atoms with Crippen LogP contribution in [0.25, 0.3) is 28.1 Å². The minimum atomic E-state index is 0.605. The molecule has 0 saturated heterocycles. The lowest BCUT2D eigenvalue weighted by Gasteiger charge is -2.06. The highest BCUT2D eigenvalue weighted by atomic mass is 16.3. The van der Waals surface area contributed by atoms with Gasteiger partial charge in [0, 0.05) is 11.6 Å². The standard InChI is InChI=1S/C20H15N5O/c1-2-7-17-14(5-1)11-18(26-17)16-13-23-20-9-8-19(24-25(16)20)22-12-15-6-3-4-10-21-15/h1-11,13H,12H2,(H,22,24). The van der Waals surface area contributed by atoms with Gasteiger partial charge in [-0.05, 0) is 36.4 Å². The normalized spacial score (nSPS) is 11.2. The van der Waals surface area contributed by atoms with E-state index < -0.39 is 0 Å². The second kappa shape index (κ2) is 6.00. The van der Waals surface area contributed by atoms with E-state index in [-0.39, 0.29) is 0 Å². The van der Waals surface area contributed by atoms with Crippen molar-refractivity contribution in [1.82, 2.24) is 19.6 Å². The van der Waals surface area contributed by atoms with Crippen LogP contribution in [-0.2, 0) is 6.54 Å². The molecule has 4 heterocycles. The number of pyridine rings is 1. The Hall–Kier alpha value is -3.67. The molecule has 126 valence electrons. The van der Waals surface area contributed by atoms with Crippen LogP contribution in [0.3, 0.4) is 0 Å². The lowest BCUT2D eigenvalue weighted by atomic mass is 10.2. The topological polar surface area (TPSA) is 68.2 Å². The molecule has 0 amide bonds. The molecule has 0 saturated carbocycles. The highest BCUT2D eigenvalue weighted by Gasteiger charge is 2.12. The molecule has 26 heavy (non-hydrogen) atoms. The molecular formula is C20H15N5O. The molecule has 0 bridgehead atoms. The van der Waals surface area contributed by atoms with Crippen molar-refractivity contribution in [3.05, 3.63) is 78.8 Å². The molecule has 1 N–H and O–H groups in total. The maximum absolute atomic E-state index is 5.96. The zero-order valence-electron chi connectivity index (χ0n) is 13.8. The molecule has 6 heteroatoms. The second-order valence-corrected chi connectivity index (χ2v) is 5.96. The Morgan fingerprint density at radius 1 is 0.962 bits per heavy atom. The SMILES string of the molecule is c1ccc(CNc2ccc3ncc(-c4cc5ccccc5o4)n3n2)nc1. The van der Waals surface area contributed by atoms with E-state index in [9.17, 15) is 0 Å². The molecule has 0 atom stereocenters. The van der Waals surface area contributed by atoms with E-state index in [4.69, 9.17) is 4.42 Å². The summed E-state index contributed by atoms with van der Waals surface area (Å²) in [4.78, 5) is 8.74. The number of furan rings is 1. The smallest absolute Gasteiger partial charge is 0.155 e. The maximum atomic E-state index is 5.96. The average molecular weight is 341 g/mol. The molecule has 5 aromatic rings. The van der Waals surface area contributed by atoms with Crippen LogP contribution < -0.4 is 5.32 Å². The quantitative estimate of drug-likeness (QED) is 0.532. The molecule has 4 aromatic heterocycles. The van der Waals surface area contributed by atoms with Crippen molar-refractivity contribution < 1.29 is 4.42 Å². The van der Waals surface area contributed by atoms with Gasteiger partial charge in [0.2, 0.25) is 0 Å². The van der Waals surface area contributed by atoms with Gasteiger partial charge < -0.3 is 9.73 Å². The maximum Gasteiger partial charge on any atom is 0.155 e. The molecule has 0 unspecified atom stereocenters. The van der Waals surface area contributed by atoms with E-state index in [1.807, 2.05) is 60.7 Å². The van der Waals surface area contributed by atoms with Crippen LogP contribution in [-0.4, -0.2) is 19.6 Å². The lowest BCUT2D eigenvalue weighted by molar-refractivity contribution is 0.625. The third-order valence-electron chi connectivity index (χ3n) is 4.22. The third-order valence-corrected chi connectivity index (χ3v) is 4.22. The van der Waals surface area contributed by atoms with Gasteiger partial charge in [0.15, 0.2) is 11.4 Å². The number of aromatic nitrogens is 4. The molecule has 0 radical (unpaired) electrons. The number of imidazole rings is 1. The predicted octanol–water partition coefficient (Wildman–Crippen LogP) is 4.15. The van der Waals surface area contributed by atoms with Crippen LogP contribution >= 0.6 is 0 Å². The Morgan fingerprint density at radius 2 is 1.88 bits per heavy atom. The van der Waals surface area contributed by atoms with E-state index in [0.29, 0.717) is 6.54 Å². The van der Waals surface area contributed by atoms with Crippen LogP contribution in [0.5, 0.6) is 0 Å². The van der Waals surface area contributed by atoms with Crippen molar-refractivity contribution in [3.63, 3.8) is 0 Å². The van der Waals surface area contributed by atoms with Crippen molar-refractivity contribution >= 4 is 22.4 Å². The largest absolute Gasteiger partial charge is 0.454 e. The van der Waals surface area contributed by atoms with Gasteiger partial charge in [-0.2, -0.15) is 0 Å². The summed E-state index contributed by atoms with van der Waals surface area (Å²) in [5.74, 6) is 1.49. The number of rotatable bonds is 4. The van der Waals surface area contributed by atoms with Crippen LogP contribution in [0.1, 0.15) is 5.69 Å². The predicted molar refractivity (Wildman–Crippen MR) is 99.8 cm³/mol. The van der Waals surface area contributed by atoms with Gasteiger partial charge in [-0.15, -0.1) is 5.10 Å². The fourth-order valence-corrected chi connectivity index (χ4v) is 2.93. The fraction of sp³-hybridized carbons (Fsp3) is 0.0500. The van der Waals surface area contributed by atoms with E-state index in [0.717, 1.165) is 39.6 Å². The fourth-order valence-electron chi connectivity index (χ4n) is 2.93. The monoisotopic (exact) mass is 341 g/mol. The number of hydrogen-bond acceptors (Lipinski definition) is 5. The Kier molecular flexibility index (Phi) is 3.38. The summed E-state index contributed by atoms with van der Waals surface area (Å²) in [6, 6.07) is 19.6. The van der Waals surface area contributed by atoms with Gasteiger partial charge in [0.05, 0.1) is 18.4 Å². The van der Waals surface area contributed by atoms with E-state index in [1.165, 1.54) is 0 Å². The van der Waals surface area contributed by atoms with Crippen LogP contribution in [0.15, 0.2) is 77.5 Å². The average Bonchev–Trinajstić information content (AvgIpc) is 3.30. The van der Waals surface area contributed by atoms with Crippen molar-refractivity contribution in [2.45, 2.75) is 6.54 Å². The molecule has 5 rings (SSSR count). The molecule has 0 aliphatic carbocycles. The number of nitrogens with zero attached hydrogens (tertiary/aromatic N) is 4. The van der Waals surface area contributed by atoms with Crippen LogP contribution in [0.4, 0.5) is 5.82 Å². The van der Waals surface area contributed by atoms with Crippen molar-refractivity contribution in [1.29, 1.82) is 0 Å². The zero-order valence-corrected chi connectivity index (χ0v) is 13.8. The van der Waals surface area contributed by atoms with E-state index >= 15 is 0 Å². The summed E-state index contributed by atoms with van der Waals surface area (Å²) in [5.41, 5.74) is 3.39. The first-order valence-electron chi connectivity index (χ1n) is 8.34. The third kappa shape index (κ3) is 2.57. The first-order chi connectivity index (χ1) is 12.9. The number of para-hydroxylation sites is 1. The second-order valence-electron chi connectivity index (χ2n) is 5.96. The molecule has 0 fully saturated rings. The highest BCUT2D eigenvalue weighted by molar-refractivity contribution is 5.82. The van der Waals surface area contributed by atoms with Gasteiger partial charge in [-0.1, -0.05) is 24.3 Å². The van der Waals surface area contributed by atoms with Crippen LogP contribution in [0, 0.1) is 0 Å². The lowest BCUT2D eigenvalue weighted by Crippen LogP contribution is -2.05. The molecule has 0 aliphatic heterocycles. The van der Waals surface area contributed by atoms with Gasteiger partial charge >= 0.3 is 0 Å². The zero-order chi connectivity index (χ0) is 17.3. The molecule has 0 aliphatic rings. The Bertz CT molecular complexity index is 1160. The number of fused-ring (bicyclic) bond motifs is 2. The highest BCUT2D eigenvalue weighted by Crippen LogP contribution is 2.28. The Balaban J connectivity index is 1.50. The summed E-state index contributed by atoms with van der Waals surface area (Å²) in [6.07, 6.45) is 3.56. The summed E-state index contributed by atoms with van der Waals surface area (Å²) in [7, 11) is 0. The number of nitrogens with one attached hydrogen (secondary N) is 1. The summed E-state index contributed by atoms with van der Waals surface area (Å²) in [5, 5.41) is 9.00. The van der Waals surface area contributed by atoms with E-state index in [1.54, 1.807) is 16.9 Å². The minimum absolute atomic E-state index is 0.605. The number of anilines is 1. The summed E-state index contributed by atoms with van der Waals surface area (Å²) < 4.78 is 7.75. The van der Waals surface area contributed by atoms with Gasteiger partial charge in [-0.3, -0.25) is 4.98 Å². The van der Waals surface area contributed by atoms with Gasteiger partial charge in [-0.25, -0.2) is 9.50 Å². The molecule has 6 nitrogen and oxygen atoms in total. The van der Waals surface area contributed by atoms with Gasteiger partial charge in [0.1, 0.15) is 17.1 Å². The Labute approximate surface area is 149 Å². The van der Waals surface area contributed by atoms with Crippen molar-refractivity contribution in [3.8, 4) is 11.5 Å².